The van der Waals surface area contributed by atoms with Crippen LogP contribution in [0.2, 0.25) is 0 Å². The highest BCUT2D eigenvalue weighted by atomic mass is 16.5. The Bertz CT molecular complexity index is 770. The summed E-state index contributed by atoms with van der Waals surface area (Å²) in [6.45, 7) is 11.3. The molecule has 152 valence electrons. The molecule has 0 saturated carbocycles. The maximum atomic E-state index is 12.6. The second kappa shape index (κ2) is 10.7. The molecule has 0 aliphatic carbocycles. The highest BCUT2D eigenvalue weighted by Gasteiger charge is 2.14. The number of para-hydroxylation sites is 1. The van der Waals surface area contributed by atoms with Crippen molar-refractivity contribution in [2.24, 2.45) is 0 Å². The highest BCUT2D eigenvalue weighted by molar-refractivity contribution is 5.94. The van der Waals surface area contributed by atoms with E-state index >= 15 is 0 Å². The average molecular weight is 384 g/mol. The fraction of sp³-hybridized carbons (Fsp3) is 0.458. The van der Waals surface area contributed by atoms with Crippen molar-refractivity contribution in [1.29, 1.82) is 0 Å². The molecule has 0 saturated heterocycles. The first-order chi connectivity index (χ1) is 13.5. The average Bonchev–Trinajstić information content (AvgIpc) is 2.67. The maximum absolute atomic E-state index is 12.6. The first-order valence-electron chi connectivity index (χ1n) is 10.2. The lowest BCUT2D eigenvalue weighted by Crippen LogP contribution is -2.32. The number of carbonyl (C=O) groups is 1. The summed E-state index contributed by atoms with van der Waals surface area (Å²) in [6, 6.07) is 13.8. The Morgan fingerprint density at radius 1 is 1.00 bits per heavy atom. The Kier molecular flexibility index (Phi) is 8.37. The SMILES string of the molecule is CCCC(C)NC(=O)c1ccc(OCC)c(COc2ccccc2C(C)C)c1. The number of ether oxygens (including phenoxy) is 2. The van der Waals surface area contributed by atoms with Crippen molar-refractivity contribution < 1.29 is 14.3 Å². The van der Waals surface area contributed by atoms with Crippen LogP contribution in [0.3, 0.4) is 0 Å². The van der Waals surface area contributed by atoms with Crippen molar-refractivity contribution in [3.63, 3.8) is 0 Å². The van der Waals surface area contributed by atoms with Crippen molar-refractivity contribution in [2.75, 3.05) is 6.61 Å². The van der Waals surface area contributed by atoms with Gasteiger partial charge in [0.25, 0.3) is 5.91 Å². The molecule has 28 heavy (non-hydrogen) atoms. The second-order valence-corrected chi connectivity index (χ2v) is 7.40. The van der Waals surface area contributed by atoms with Gasteiger partial charge in [-0.05, 0) is 56.0 Å². The van der Waals surface area contributed by atoms with Gasteiger partial charge in [-0.25, -0.2) is 0 Å². The third kappa shape index (κ3) is 6.01. The van der Waals surface area contributed by atoms with Crippen molar-refractivity contribution in [1.82, 2.24) is 5.32 Å². The Morgan fingerprint density at radius 2 is 1.75 bits per heavy atom. The van der Waals surface area contributed by atoms with E-state index in [1.54, 1.807) is 0 Å². The Hall–Kier alpha value is -2.49. The molecule has 2 rings (SSSR count). The smallest absolute Gasteiger partial charge is 0.251 e. The van der Waals surface area contributed by atoms with Gasteiger partial charge in [-0.1, -0.05) is 45.4 Å². The first-order valence-corrected chi connectivity index (χ1v) is 10.2. The van der Waals surface area contributed by atoms with E-state index in [0.29, 0.717) is 24.7 Å². The predicted octanol–water partition coefficient (Wildman–Crippen LogP) is 5.71. The van der Waals surface area contributed by atoms with Crippen molar-refractivity contribution >= 4 is 5.91 Å². The topological polar surface area (TPSA) is 47.6 Å². The van der Waals surface area contributed by atoms with E-state index in [9.17, 15) is 4.79 Å². The lowest BCUT2D eigenvalue weighted by Gasteiger charge is -2.17. The number of rotatable bonds is 10. The zero-order valence-electron chi connectivity index (χ0n) is 17.7. The van der Waals surface area contributed by atoms with Crippen molar-refractivity contribution in [2.45, 2.75) is 66.0 Å². The van der Waals surface area contributed by atoms with Gasteiger partial charge in [-0.3, -0.25) is 4.79 Å². The van der Waals surface area contributed by atoms with Crippen LogP contribution in [0.4, 0.5) is 0 Å². The molecule has 2 aromatic carbocycles. The zero-order valence-corrected chi connectivity index (χ0v) is 17.7. The molecule has 0 radical (unpaired) electrons. The van der Waals surface area contributed by atoms with Gasteiger partial charge in [-0.2, -0.15) is 0 Å². The molecule has 4 heteroatoms. The first kappa shape index (κ1) is 21.8. The lowest BCUT2D eigenvalue weighted by molar-refractivity contribution is 0.0938. The monoisotopic (exact) mass is 383 g/mol. The van der Waals surface area contributed by atoms with Crippen LogP contribution in [0.25, 0.3) is 0 Å². The Labute approximate surface area is 169 Å². The summed E-state index contributed by atoms with van der Waals surface area (Å²) in [4.78, 5) is 12.6. The highest BCUT2D eigenvalue weighted by Crippen LogP contribution is 2.28. The van der Waals surface area contributed by atoms with Gasteiger partial charge in [0.1, 0.15) is 18.1 Å². The van der Waals surface area contributed by atoms with Crippen LogP contribution in [-0.4, -0.2) is 18.6 Å². The molecule has 1 atom stereocenters. The summed E-state index contributed by atoms with van der Waals surface area (Å²) < 4.78 is 11.9. The number of benzene rings is 2. The molecule has 0 aliphatic heterocycles. The van der Waals surface area contributed by atoms with Crippen molar-refractivity contribution in [3.8, 4) is 11.5 Å². The summed E-state index contributed by atoms with van der Waals surface area (Å²) in [5, 5.41) is 3.05. The van der Waals surface area contributed by atoms with E-state index in [2.05, 4.69) is 32.2 Å². The van der Waals surface area contributed by atoms with Crippen LogP contribution in [-0.2, 0) is 6.61 Å². The predicted molar refractivity (Wildman–Crippen MR) is 114 cm³/mol. The molecule has 0 fully saturated rings. The number of carbonyl (C=O) groups excluding carboxylic acids is 1. The number of amides is 1. The molecule has 0 spiro atoms. The van der Waals surface area contributed by atoms with Gasteiger partial charge < -0.3 is 14.8 Å². The van der Waals surface area contributed by atoms with Crippen LogP contribution in [0.15, 0.2) is 42.5 Å². The van der Waals surface area contributed by atoms with Gasteiger partial charge in [0.15, 0.2) is 0 Å². The van der Waals surface area contributed by atoms with Crippen LogP contribution in [0, 0.1) is 0 Å². The molecule has 1 amide bonds. The van der Waals surface area contributed by atoms with Gasteiger partial charge >= 0.3 is 0 Å². The molecular weight excluding hydrogens is 350 g/mol. The molecule has 1 unspecified atom stereocenters. The van der Waals surface area contributed by atoms with E-state index in [1.165, 1.54) is 5.56 Å². The second-order valence-electron chi connectivity index (χ2n) is 7.40. The fourth-order valence-corrected chi connectivity index (χ4v) is 3.19. The normalized spacial score (nSPS) is 11.9. The molecule has 1 N–H and O–H groups in total. The standard InChI is InChI=1S/C24H33NO3/c1-6-10-18(5)25-24(26)19-13-14-22(27-7-2)20(15-19)16-28-23-12-9-8-11-21(23)17(3)4/h8-9,11-15,17-18H,6-7,10,16H2,1-5H3,(H,25,26). The van der Waals surface area contributed by atoms with Gasteiger partial charge in [0.2, 0.25) is 0 Å². The van der Waals surface area contributed by atoms with Gasteiger partial charge in [0.05, 0.1) is 6.61 Å². The van der Waals surface area contributed by atoms with Crippen LogP contribution < -0.4 is 14.8 Å². The minimum absolute atomic E-state index is 0.0622. The van der Waals surface area contributed by atoms with E-state index < -0.39 is 0 Å². The van der Waals surface area contributed by atoms with Gasteiger partial charge in [-0.15, -0.1) is 0 Å². The minimum Gasteiger partial charge on any atom is -0.493 e. The summed E-state index contributed by atoms with van der Waals surface area (Å²) in [6.07, 6.45) is 2.00. The largest absolute Gasteiger partial charge is 0.493 e. The van der Waals surface area contributed by atoms with Crippen LogP contribution in [0.5, 0.6) is 11.5 Å². The third-order valence-electron chi connectivity index (χ3n) is 4.65. The molecular formula is C24H33NO3. The zero-order chi connectivity index (χ0) is 20.5. The van der Waals surface area contributed by atoms with E-state index in [0.717, 1.165) is 29.9 Å². The number of hydrogen-bond donors (Lipinski definition) is 1. The Balaban J connectivity index is 2.20. The van der Waals surface area contributed by atoms with Crippen LogP contribution >= 0.6 is 0 Å². The molecule has 0 aliphatic rings. The third-order valence-corrected chi connectivity index (χ3v) is 4.65. The number of hydrogen-bond acceptors (Lipinski definition) is 3. The Morgan fingerprint density at radius 3 is 2.43 bits per heavy atom. The molecule has 2 aromatic rings. The van der Waals surface area contributed by atoms with E-state index in [4.69, 9.17) is 9.47 Å². The molecule has 0 heterocycles. The minimum atomic E-state index is -0.0622. The van der Waals surface area contributed by atoms with E-state index in [-0.39, 0.29) is 11.9 Å². The quantitative estimate of drug-likeness (QED) is 0.572. The van der Waals surface area contributed by atoms with Crippen LogP contribution in [0.1, 0.15) is 74.9 Å². The fourth-order valence-electron chi connectivity index (χ4n) is 3.19. The molecule has 0 aromatic heterocycles. The van der Waals surface area contributed by atoms with Crippen molar-refractivity contribution in [3.05, 3.63) is 59.2 Å². The van der Waals surface area contributed by atoms with Gasteiger partial charge in [0, 0.05) is 17.2 Å². The summed E-state index contributed by atoms with van der Waals surface area (Å²) in [7, 11) is 0. The summed E-state index contributed by atoms with van der Waals surface area (Å²) in [5.41, 5.74) is 2.67. The maximum Gasteiger partial charge on any atom is 0.251 e. The summed E-state index contributed by atoms with van der Waals surface area (Å²) >= 11 is 0. The van der Waals surface area contributed by atoms with E-state index in [1.807, 2.05) is 50.2 Å². The lowest BCUT2D eigenvalue weighted by atomic mass is 10.0. The summed E-state index contributed by atoms with van der Waals surface area (Å²) in [5.74, 6) is 1.93. The number of nitrogens with one attached hydrogen (secondary N) is 1. The molecule has 0 bridgehead atoms. The molecule has 4 nitrogen and oxygen atoms in total.